The average molecular weight is 776 g/mol. The van der Waals surface area contributed by atoms with Gasteiger partial charge in [-0.15, -0.1) is 0 Å². The number of hydrogen-bond acceptors (Lipinski definition) is 7. The first-order valence-electron chi connectivity index (χ1n) is 23.0. The molecule has 53 heavy (non-hydrogen) atoms. The average Bonchev–Trinajstić information content (AvgIpc) is 3.15. The van der Waals surface area contributed by atoms with Crippen LogP contribution in [0.1, 0.15) is 239 Å². The van der Waals surface area contributed by atoms with Crippen molar-refractivity contribution >= 4 is 13.8 Å². The summed E-state index contributed by atoms with van der Waals surface area (Å²) in [4.78, 5) is 22.4. The van der Waals surface area contributed by atoms with E-state index in [0.29, 0.717) is 13.0 Å². The van der Waals surface area contributed by atoms with Crippen LogP contribution in [0.3, 0.4) is 0 Å². The minimum atomic E-state index is -4.26. The Labute approximate surface area is 329 Å². The summed E-state index contributed by atoms with van der Waals surface area (Å²) in [6.07, 6.45) is 44.3. The second-order valence-corrected chi connectivity index (χ2v) is 17.1. The Morgan fingerprint density at radius 2 is 0.830 bits per heavy atom. The number of rotatable bonds is 45. The van der Waals surface area contributed by atoms with Crippen LogP contribution in [0.15, 0.2) is 0 Å². The lowest BCUT2D eigenvalue weighted by atomic mass is 10.0. The number of hydrogen-bond donors (Lipinski definition) is 2. The predicted octanol–water partition coefficient (Wildman–Crippen LogP) is 13.7. The van der Waals surface area contributed by atoms with Crippen LogP contribution in [0.4, 0.5) is 0 Å². The van der Waals surface area contributed by atoms with Gasteiger partial charge in [0.25, 0.3) is 0 Å². The van der Waals surface area contributed by atoms with Crippen LogP contribution in [-0.4, -0.2) is 49.9 Å². The number of carbonyl (C=O) groups is 1. The van der Waals surface area contributed by atoms with Crippen molar-refractivity contribution in [3.8, 4) is 0 Å². The third-order valence-corrected chi connectivity index (χ3v) is 11.3. The first-order valence-corrected chi connectivity index (χ1v) is 24.5. The Balaban J connectivity index is 3.79. The maximum absolute atomic E-state index is 12.6. The van der Waals surface area contributed by atoms with E-state index in [1.165, 1.54) is 186 Å². The Kier molecular flexibility index (Phi) is 42.2. The lowest BCUT2D eigenvalue weighted by Gasteiger charge is -2.20. The normalized spacial score (nSPS) is 13.4. The molecular weight excluding hydrogens is 685 g/mol. The maximum Gasteiger partial charge on any atom is 0.472 e. The summed E-state index contributed by atoms with van der Waals surface area (Å²) >= 11 is 0. The molecule has 8 nitrogen and oxygen atoms in total. The molecule has 0 fully saturated rings. The second kappa shape index (κ2) is 42.6. The number of esters is 1. The molecule has 0 heterocycles. The Hall–Kier alpha value is -0.500. The summed E-state index contributed by atoms with van der Waals surface area (Å²) in [7, 11) is -4.26. The van der Waals surface area contributed by atoms with Crippen molar-refractivity contribution < 1.29 is 32.8 Å². The lowest BCUT2D eigenvalue weighted by Crippen LogP contribution is -2.28. The van der Waals surface area contributed by atoms with Gasteiger partial charge in [-0.25, -0.2) is 4.57 Å². The van der Waals surface area contributed by atoms with Gasteiger partial charge in [-0.1, -0.05) is 219 Å². The largest absolute Gasteiger partial charge is 0.472 e. The summed E-state index contributed by atoms with van der Waals surface area (Å²) in [5.41, 5.74) is 5.36. The summed E-state index contributed by atoms with van der Waals surface area (Å²) in [5.74, 6) is -0.324. The van der Waals surface area contributed by atoms with Gasteiger partial charge >= 0.3 is 13.8 Å². The zero-order valence-corrected chi connectivity index (χ0v) is 36.2. The van der Waals surface area contributed by atoms with Gasteiger partial charge < -0.3 is 20.1 Å². The molecule has 0 aromatic heterocycles. The minimum Gasteiger partial charge on any atom is -0.457 e. The van der Waals surface area contributed by atoms with E-state index in [1.807, 2.05) is 0 Å². The van der Waals surface area contributed by atoms with E-state index in [2.05, 4.69) is 13.8 Å². The molecule has 2 atom stereocenters. The van der Waals surface area contributed by atoms with Crippen molar-refractivity contribution in [1.29, 1.82) is 0 Å². The van der Waals surface area contributed by atoms with Gasteiger partial charge in [0.15, 0.2) is 0 Å². The molecule has 0 radical (unpaired) electrons. The smallest absolute Gasteiger partial charge is 0.457 e. The molecule has 0 aromatic carbocycles. The van der Waals surface area contributed by atoms with Gasteiger partial charge in [-0.2, -0.15) is 0 Å². The van der Waals surface area contributed by atoms with E-state index >= 15 is 0 Å². The molecule has 0 saturated heterocycles. The minimum absolute atomic E-state index is 0.0904. The SMILES string of the molecule is CCCCCCCCCCCCCCCCCCCCCCCCCCCC(=O)OC(COCCCCCCCCCCC)COP(=O)(O)OCCN. The first-order chi connectivity index (χ1) is 25.9. The molecule has 0 aliphatic rings. The van der Waals surface area contributed by atoms with E-state index in [1.54, 1.807) is 0 Å². The van der Waals surface area contributed by atoms with E-state index in [9.17, 15) is 14.3 Å². The molecule has 9 heteroatoms. The number of phosphoric ester groups is 1. The molecule has 0 aliphatic carbocycles. The lowest BCUT2D eigenvalue weighted by molar-refractivity contribution is -0.154. The van der Waals surface area contributed by atoms with Crippen LogP contribution in [0.25, 0.3) is 0 Å². The summed E-state index contributed by atoms with van der Waals surface area (Å²) in [5, 5.41) is 0. The third-order valence-electron chi connectivity index (χ3n) is 10.3. The molecule has 0 aliphatic heterocycles. The van der Waals surface area contributed by atoms with Crippen molar-refractivity contribution in [1.82, 2.24) is 0 Å². The highest BCUT2D eigenvalue weighted by Gasteiger charge is 2.25. The highest BCUT2D eigenvalue weighted by molar-refractivity contribution is 7.47. The maximum atomic E-state index is 12.6. The van der Waals surface area contributed by atoms with Gasteiger partial charge in [0.2, 0.25) is 0 Å². The van der Waals surface area contributed by atoms with Crippen LogP contribution in [0.5, 0.6) is 0 Å². The number of carbonyl (C=O) groups excluding carboxylic acids is 1. The Morgan fingerprint density at radius 3 is 1.19 bits per heavy atom. The van der Waals surface area contributed by atoms with E-state index in [0.717, 1.165) is 32.1 Å². The van der Waals surface area contributed by atoms with Gasteiger partial charge in [-0.3, -0.25) is 13.8 Å². The third kappa shape index (κ3) is 42.5. The molecule has 0 amide bonds. The predicted molar refractivity (Wildman–Crippen MR) is 224 cm³/mol. The molecule has 0 aromatic rings. The van der Waals surface area contributed by atoms with Gasteiger partial charge in [-0.05, 0) is 12.8 Å². The molecule has 0 bridgehead atoms. The monoisotopic (exact) mass is 776 g/mol. The standard InChI is InChI=1S/C44H90NO7P/c1-3-5-7-9-11-13-14-15-16-17-18-19-20-21-22-23-24-25-26-27-28-29-31-33-35-37-44(46)52-43(42-51-53(47,48)50-40-38-45)41-49-39-36-34-32-30-12-10-8-6-4-2/h43H,3-42,45H2,1-2H3,(H,47,48). The van der Waals surface area contributed by atoms with Crippen LogP contribution in [-0.2, 0) is 27.9 Å². The quantitative estimate of drug-likeness (QED) is 0.0357. The molecule has 0 spiro atoms. The zero-order chi connectivity index (χ0) is 38.8. The van der Waals surface area contributed by atoms with Crippen molar-refractivity contribution in [2.75, 3.05) is 33.0 Å². The number of ether oxygens (including phenoxy) is 2. The van der Waals surface area contributed by atoms with E-state index in [4.69, 9.17) is 24.3 Å². The van der Waals surface area contributed by atoms with Crippen molar-refractivity contribution in [3.63, 3.8) is 0 Å². The van der Waals surface area contributed by atoms with Gasteiger partial charge in [0.1, 0.15) is 6.10 Å². The summed E-state index contributed by atoms with van der Waals surface area (Å²) < 4.78 is 33.4. The molecule has 3 N–H and O–H groups in total. The van der Waals surface area contributed by atoms with Crippen LogP contribution < -0.4 is 5.73 Å². The van der Waals surface area contributed by atoms with Gasteiger partial charge in [0.05, 0.1) is 19.8 Å². The molecule has 0 rings (SSSR count). The van der Waals surface area contributed by atoms with E-state index < -0.39 is 13.9 Å². The van der Waals surface area contributed by atoms with Crippen molar-refractivity contribution in [2.24, 2.45) is 5.73 Å². The fraction of sp³-hybridized carbons (Fsp3) is 0.977. The fourth-order valence-electron chi connectivity index (χ4n) is 6.88. The molecular formula is C44H90NO7P. The highest BCUT2D eigenvalue weighted by atomic mass is 31.2. The molecule has 0 saturated carbocycles. The second-order valence-electron chi connectivity index (χ2n) is 15.6. The van der Waals surface area contributed by atoms with Gasteiger partial charge in [0, 0.05) is 19.6 Å². The number of phosphoric acid groups is 1. The zero-order valence-electron chi connectivity index (χ0n) is 35.3. The van der Waals surface area contributed by atoms with Crippen LogP contribution in [0.2, 0.25) is 0 Å². The Bertz CT molecular complexity index is 787. The fourth-order valence-corrected chi connectivity index (χ4v) is 7.65. The summed E-state index contributed by atoms with van der Waals surface area (Å²) in [6, 6.07) is 0. The first kappa shape index (κ1) is 52.5. The van der Waals surface area contributed by atoms with Crippen molar-refractivity contribution in [2.45, 2.75) is 245 Å². The van der Waals surface area contributed by atoms with E-state index in [-0.39, 0.29) is 32.3 Å². The summed E-state index contributed by atoms with van der Waals surface area (Å²) in [6.45, 7) is 4.96. The topological polar surface area (TPSA) is 117 Å². The number of unbranched alkanes of at least 4 members (excludes halogenated alkanes) is 32. The van der Waals surface area contributed by atoms with Crippen LogP contribution >= 0.6 is 7.82 Å². The molecule has 318 valence electrons. The van der Waals surface area contributed by atoms with Crippen molar-refractivity contribution in [3.05, 3.63) is 0 Å². The molecule has 2 unspecified atom stereocenters. The Morgan fingerprint density at radius 1 is 0.491 bits per heavy atom. The highest BCUT2D eigenvalue weighted by Crippen LogP contribution is 2.43. The van der Waals surface area contributed by atoms with Crippen LogP contribution in [0, 0.1) is 0 Å². The number of nitrogens with two attached hydrogens (primary N) is 1.